The first-order valence-electron chi connectivity index (χ1n) is 3.80. The number of nitriles is 1. The molecule has 0 heterocycles. The summed E-state index contributed by atoms with van der Waals surface area (Å²) >= 11 is 9.25. The van der Waals surface area contributed by atoms with Gasteiger partial charge >= 0.3 is 0 Å². The Morgan fingerprint density at radius 1 is 1.54 bits per heavy atom. The second-order valence-electron chi connectivity index (χ2n) is 2.46. The fourth-order valence-corrected chi connectivity index (χ4v) is 1.63. The monoisotopic (exact) mass is 258 g/mol. The van der Waals surface area contributed by atoms with Crippen LogP contribution in [0.3, 0.4) is 0 Å². The van der Waals surface area contributed by atoms with E-state index in [9.17, 15) is 0 Å². The molecule has 0 amide bonds. The number of anilines is 1. The molecule has 2 nitrogen and oxygen atoms in total. The first-order chi connectivity index (χ1) is 6.24. The zero-order valence-electron chi connectivity index (χ0n) is 6.85. The third kappa shape index (κ3) is 3.25. The molecule has 0 spiro atoms. The van der Waals surface area contributed by atoms with Gasteiger partial charge in [-0.25, -0.2) is 0 Å². The standard InChI is InChI=1S/C9H8BrClN2/c10-7-2-3-9(8(11)6-7)13-5-1-4-12/h2-3,6,13H,1,5H2. The zero-order valence-corrected chi connectivity index (χ0v) is 9.19. The van der Waals surface area contributed by atoms with Gasteiger partial charge in [0.1, 0.15) is 0 Å². The van der Waals surface area contributed by atoms with Crippen molar-refractivity contribution in [3.8, 4) is 6.07 Å². The lowest BCUT2D eigenvalue weighted by Crippen LogP contribution is -2.00. The summed E-state index contributed by atoms with van der Waals surface area (Å²) in [7, 11) is 0. The molecule has 0 aliphatic carbocycles. The summed E-state index contributed by atoms with van der Waals surface area (Å²) in [4.78, 5) is 0. The van der Waals surface area contributed by atoms with E-state index in [1.807, 2.05) is 18.2 Å². The van der Waals surface area contributed by atoms with Gasteiger partial charge < -0.3 is 5.32 Å². The fourth-order valence-electron chi connectivity index (χ4n) is 0.886. The van der Waals surface area contributed by atoms with Crippen molar-refractivity contribution in [2.45, 2.75) is 6.42 Å². The van der Waals surface area contributed by atoms with Gasteiger partial charge in [0.25, 0.3) is 0 Å². The maximum absolute atomic E-state index is 8.33. The highest BCUT2D eigenvalue weighted by atomic mass is 79.9. The predicted molar refractivity (Wildman–Crippen MR) is 57.9 cm³/mol. The Morgan fingerprint density at radius 3 is 2.92 bits per heavy atom. The highest BCUT2D eigenvalue weighted by Crippen LogP contribution is 2.25. The molecule has 0 aromatic heterocycles. The second kappa shape index (κ2) is 5.11. The smallest absolute Gasteiger partial charge is 0.0648 e. The van der Waals surface area contributed by atoms with Crippen LogP contribution in [0, 0.1) is 11.3 Å². The predicted octanol–water partition coefficient (Wildman–Crippen LogP) is 3.43. The number of halogens is 2. The molecule has 13 heavy (non-hydrogen) atoms. The molecule has 4 heteroatoms. The van der Waals surface area contributed by atoms with Crippen molar-refractivity contribution >= 4 is 33.2 Å². The molecule has 0 saturated carbocycles. The van der Waals surface area contributed by atoms with E-state index >= 15 is 0 Å². The first kappa shape index (κ1) is 10.4. The van der Waals surface area contributed by atoms with E-state index in [4.69, 9.17) is 16.9 Å². The number of rotatable bonds is 3. The molecular formula is C9H8BrClN2. The molecule has 0 saturated heterocycles. The summed E-state index contributed by atoms with van der Waals surface area (Å²) in [6.07, 6.45) is 0.479. The van der Waals surface area contributed by atoms with Gasteiger partial charge in [-0.3, -0.25) is 0 Å². The number of benzene rings is 1. The van der Waals surface area contributed by atoms with Crippen LogP contribution in [-0.2, 0) is 0 Å². The van der Waals surface area contributed by atoms with Gasteiger partial charge in [-0.15, -0.1) is 0 Å². The summed E-state index contributed by atoms with van der Waals surface area (Å²) in [5.74, 6) is 0. The second-order valence-corrected chi connectivity index (χ2v) is 3.78. The Balaban J connectivity index is 2.62. The minimum absolute atomic E-state index is 0.479. The van der Waals surface area contributed by atoms with Crippen LogP contribution in [0.25, 0.3) is 0 Å². The molecule has 1 rings (SSSR count). The largest absolute Gasteiger partial charge is 0.383 e. The lowest BCUT2D eigenvalue weighted by molar-refractivity contribution is 1.08. The van der Waals surface area contributed by atoms with Crippen molar-refractivity contribution in [1.82, 2.24) is 0 Å². The fraction of sp³-hybridized carbons (Fsp3) is 0.222. The molecule has 0 unspecified atom stereocenters. The van der Waals surface area contributed by atoms with Crippen molar-refractivity contribution in [1.29, 1.82) is 5.26 Å². The van der Waals surface area contributed by atoms with E-state index in [0.29, 0.717) is 18.0 Å². The topological polar surface area (TPSA) is 35.8 Å². The Labute approximate surface area is 90.6 Å². The van der Waals surface area contributed by atoms with Gasteiger partial charge in [0.2, 0.25) is 0 Å². The van der Waals surface area contributed by atoms with Gasteiger partial charge in [-0.1, -0.05) is 27.5 Å². The van der Waals surface area contributed by atoms with E-state index < -0.39 is 0 Å². The van der Waals surface area contributed by atoms with E-state index in [1.54, 1.807) is 0 Å². The Bertz CT molecular complexity index is 333. The van der Waals surface area contributed by atoms with Crippen molar-refractivity contribution in [2.75, 3.05) is 11.9 Å². The number of hydrogen-bond acceptors (Lipinski definition) is 2. The number of nitrogens with zero attached hydrogens (tertiary/aromatic N) is 1. The summed E-state index contributed by atoms with van der Waals surface area (Å²) in [6.45, 7) is 0.623. The zero-order chi connectivity index (χ0) is 9.68. The summed E-state index contributed by atoms with van der Waals surface area (Å²) in [5.41, 5.74) is 0.861. The van der Waals surface area contributed by atoms with Crippen LogP contribution in [0.15, 0.2) is 22.7 Å². The van der Waals surface area contributed by atoms with Crippen molar-refractivity contribution in [3.63, 3.8) is 0 Å². The minimum atomic E-state index is 0.479. The molecule has 0 aliphatic heterocycles. The molecular weight excluding hydrogens is 251 g/mol. The van der Waals surface area contributed by atoms with Crippen LogP contribution < -0.4 is 5.32 Å². The van der Waals surface area contributed by atoms with Crippen LogP contribution in [0.2, 0.25) is 5.02 Å². The van der Waals surface area contributed by atoms with E-state index in [-0.39, 0.29) is 0 Å². The quantitative estimate of drug-likeness (QED) is 0.844. The summed E-state index contributed by atoms with van der Waals surface area (Å²) in [5, 5.41) is 12.1. The van der Waals surface area contributed by atoms with Crippen molar-refractivity contribution in [2.24, 2.45) is 0 Å². The van der Waals surface area contributed by atoms with Crippen LogP contribution in [0.4, 0.5) is 5.69 Å². The SMILES string of the molecule is N#CCCNc1ccc(Br)cc1Cl. The number of nitrogens with one attached hydrogen (secondary N) is 1. The van der Waals surface area contributed by atoms with Gasteiger partial charge in [0, 0.05) is 11.0 Å². The Hall–Kier alpha value is -0.720. The molecule has 1 N–H and O–H groups in total. The van der Waals surface area contributed by atoms with Crippen LogP contribution in [-0.4, -0.2) is 6.54 Å². The highest BCUT2D eigenvalue weighted by molar-refractivity contribution is 9.10. The highest BCUT2D eigenvalue weighted by Gasteiger charge is 1.98. The Kier molecular flexibility index (Phi) is 4.07. The van der Waals surface area contributed by atoms with Gasteiger partial charge in [-0.05, 0) is 18.2 Å². The third-order valence-electron chi connectivity index (χ3n) is 1.48. The molecule has 68 valence electrons. The van der Waals surface area contributed by atoms with Crippen molar-refractivity contribution in [3.05, 3.63) is 27.7 Å². The van der Waals surface area contributed by atoms with Crippen LogP contribution in [0.1, 0.15) is 6.42 Å². The molecule has 0 aliphatic rings. The summed E-state index contributed by atoms with van der Waals surface area (Å²) in [6, 6.07) is 7.65. The maximum atomic E-state index is 8.33. The van der Waals surface area contributed by atoms with Crippen molar-refractivity contribution < 1.29 is 0 Å². The molecule has 0 bridgehead atoms. The number of hydrogen-bond donors (Lipinski definition) is 1. The normalized spacial score (nSPS) is 9.31. The Morgan fingerprint density at radius 2 is 2.31 bits per heavy atom. The first-order valence-corrected chi connectivity index (χ1v) is 4.97. The average molecular weight is 260 g/mol. The van der Waals surface area contributed by atoms with Gasteiger partial charge in [0.05, 0.1) is 23.2 Å². The molecule has 1 aromatic carbocycles. The average Bonchev–Trinajstić information content (AvgIpc) is 2.09. The van der Waals surface area contributed by atoms with E-state index in [0.717, 1.165) is 10.2 Å². The van der Waals surface area contributed by atoms with E-state index in [1.165, 1.54) is 0 Å². The third-order valence-corrected chi connectivity index (χ3v) is 2.29. The summed E-state index contributed by atoms with van der Waals surface area (Å²) < 4.78 is 0.948. The van der Waals surface area contributed by atoms with Gasteiger partial charge in [0.15, 0.2) is 0 Å². The molecule has 0 radical (unpaired) electrons. The molecule has 0 fully saturated rings. The maximum Gasteiger partial charge on any atom is 0.0648 e. The van der Waals surface area contributed by atoms with Crippen LogP contribution >= 0.6 is 27.5 Å². The molecule has 0 atom stereocenters. The lowest BCUT2D eigenvalue weighted by atomic mass is 10.3. The lowest BCUT2D eigenvalue weighted by Gasteiger charge is -2.05. The van der Waals surface area contributed by atoms with E-state index in [2.05, 4.69) is 27.3 Å². The minimum Gasteiger partial charge on any atom is -0.383 e. The van der Waals surface area contributed by atoms with Crippen LogP contribution in [0.5, 0.6) is 0 Å². The van der Waals surface area contributed by atoms with Gasteiger partial charge in [-0.2, -0.15) is 5.26 Å². The molecule has 1 aromatic rings.